The maximum absolute atomic E-state index is 14.3. The van der Waals surface area contributed by atoms with Gasteiger partial charge in [-0.15, -0.1) is 0 Å². The van der Waals surface area contributed by atoms with Crippen molar-refractivity contribution >= 4 is 9.84 Å². The van der Waals surface area contributed by atoms with Gasteiger partial charge in [-0.1, -0.05) is 17.3 Å². The summed E-state index contributed by atoms with van der Waals surface area (Å²) in [5.74, 6) is -0.383. The van der Waals surface area contributed by atoms with Gasteiger partial charge in [-0.05, 0) is 64.4 Å². The van der Waals surface area contributed by atoms with Crippen molar-refractivity contribution in [3.63, 3.8) is 0 Å². The van der Waals surface area contributed by atoms with E-state index >= 15 is 0 Å². The molecule has 7 nitrogen and oxygen atoms in total. The molecule has 0 N–H and O–H groups in total. The summed E-state index contributed by atoms with van der Waals surface area (Å²) in [6, 6.07) is 4.26. The molecule has 32 heavy (non-hydrogen) atoms. The number of ether oxygens (including phenoxy) is 2. The lowest BCUT2D eigenvalue weighted by molar-refractivity contribution is -0.0560. The first-order chi connectivity index (χ1) is 14.9. The Morgan fingerprint density at radius 2 is 2.00 bits per heavy atom. The zero-order chi connectivity index (χ0) is 23.1. The van der Waals surface area contributed by atoms with Crippen LogP contribution in [0.15, 0.2) is 22.7 Å². The van der Waals surface area contributed by atoms with E-state index in [1.165, 1.54) is 12.1 Å². The van der Waals surface area contributed by atoms with Crippen molar-refractivity contribution in [2.75, 3.05) is 12.9 Å². The van der Waals surface area contributed by atoms with Gasteiger partial charge >= 0.3 is 0 Å². The van der Waals surface area contributed by atoms with E-state index < -0.39 is 15.7 Å². The lowest BCUT2D eigenvalue weighted by Gasteiger charge is -2.37. The number of sulfone groups is 1. The monoisotopic (exact) mass is 466 g/mol. The fourth-order valence-corrected chi connectivity index (χ4v) is 5.76. The van der Waals surface area contributed by atoms with Gasteiger partial charge in [-0.25, -0.2) is 12.8 Å². The summed E-state index contributed by atoms with van der Waals surface area (Å²) in [6.07, 6.45) is 6.03. The molecule has 2 heterocycles. The molecule has 1 saturated heterocycles. The van der Waals surface area contributed by atoms with Crippen molar-refractivity contribution in [3.8, 4) is 11.4 Å². The Bertz CT molecular complexity index is 1070. The molecule has 1 saturated carbocycles. The number of hydrogen-bond acceptors (Lipinski definition) is 7. The summed E-state index contributed by atoms with van der Waals surface area (Å²) in [4.78, 5) is 4.37. The second-order valence-corrected chi connectivity index (χ2v) is 12.2. The van der Waals surface area contributed by atoms with E-state index in [2.05, 4.69) is 24.0 Å². The molecule has 176 valence electrons. The molecule has 2 aromatic rings. The molecule has 2 aliphatic rings. The second kappa shape index (κ2) is 8.50. The van der Waals surface area contributed by atoms with Gasteiger partial charge in [0.05, 0.1) is 24.1 Å². The van der Waals surface area contributed by atoms with Crippen LogP contribution >= 0.6 is 0 Å². The van der Waals surface area contributed by atoms with Gasteiger partial charge in [-0.2, -0.15) is 4.98 Å². The highest BCUT2D eigenvalue weighted by molar-refractivity contribution is 7.89. The van der Waals surface area contributed by atoms with Crippen molar-refractivity contribution in [1.82, 2.24) is 10.1 Å². The van der Waals surface area contributed by atoms with Crippen LogP contribution in [0.2, 0.25) is 0 Å². The highest BCUT2D eigenvalue weighted by Gasteiger charge is 2.46. The Balaban J connectivity index is 1.36. The highest BCUT2D eigenvalue weighted by atomic mass is 32.2. The fourth-order valence-electron chi connectivity index (χ4n) is 4.96. The van der Waals surface area contributed by atoms with Crippen molar-refractivity contribution in [2.45, 2.75) is 76.4 Å². The third kappa shape index (κ3) is 5.38. The number of aromatic nitrogens is 2. The van der Waals surface area contributed by atoms with Crippen LogP contribution < -0.4 is 0 Å². The summed E-state index contributed by atoms with van der Waals surface area (Å²) in [7, 11) is -3.33. The predicted octanol–water partition coefficient (Wildman–Crippen LogP) is 4.63. The van der Waals surface area contributed by atoms with Crippen LogP contribution in [0.5, 0.6) is 0 Å². The van der Waals surface area contributed by atoms with Crippen LogP contribution in [0.25, 0.3) is 11.4 Å². The number of halogens is 1. The quantitative estimate of drug-likeness (QED) is 0.613. The van der Waals surface area contributed by atoms with Gasteiger partial charge in [0.1, 0.15) is 11.9 Å². The average Bonchev–Trinajstić information content (AvgIpc) is 3.30. The summed E-state index contributed by atoms with van der Waals surface area (Å²) < 4.78 is 54.7. The molecule has 0 amide bonds. The van der Waals surface area contributed by atoms with Crippen LogP contribution in [0, 0.1) is 11.2 Å². The van der Waals surface area contributed by atoms with Gasteiger partial charge in [0.2, 0.25) is 5.82 Å². The third-order valence-electron chi connectivity index (χ3n) is 6.48. The number of rotatable bonds is 6. The van der Waals surface area contributed by atoms with Gasteiger partial charge in [0, 0.05) is 17.4 Å². The van der Waals surface area contributed by atoms with Gasteiger partial charge in [0.15, 0.2) is 9.84 Å². The topological polar surface area (TPSA) is 91.5 Å². The van der Waals surface area contributed by atoms with Crippen LogP contribution in [0.3, 0.4) is 0 Å². The summed E-state index contributed by atoms with van der Waals surface area (Å²) in [5, 5.41) is 3.95. The Morgan fingerprint density at radius 1 is 1.28 bits per heavy atom. The zero-order valence-electron chi connectivity index (χ0n) is 19.1. The Labute approximate surface area is 188 Å². The molecule has 2 fully saturated rings. The predicted molar refractivity (Wildman–Crippen MR) is 117 cm³/mol. The van der Waals surface area contributed by atoms with Crippen LogP contribution in [0.4, 0.5) is 4.39 Å². The molecular formula is C23H31FN2O5S. The highest BCUT2D eigenvalue weighted by Crippen LogP contribution is 2.49. The first-order valence-corrected chi connectivity index (χ1v) is 13.1. The summed E-state index contributed by atoms with van der Waals surface area (Å²) >= 11 is 0. The SMILES string of the molecule is C[C@@H](OC1CCC2(CC1)COC(C)(C)C2)c1nc(-c2ccc(CS(C)(=O)=O)c(F)c2)no1. The van der Waals surface area contributed by atoms with Gasteiger partial charge < -0.3 is 14.0 Å². The van der Waals surface area contributed by atoms with Crippen molar-refractivity contribution < 1.29 is 26.8 Å². The van der Waals surface area contributed by atoms with E-state index in [0.717, 1.165) is 45.0 Å². The minimum atomic E-state index is -3.33. The smallest absolute Gasteiger partial charge is 0.255 e. The van der Waals surface area contributed by atoms with E-state index in [1.807, 2.05) is 6.92 Å². The standard InChI is InChI=1S/C23H31FN2O5S/c1-15(30-18-7-9-23(10-8-18)13-22(2,3)29-14-23)21-25-20(26-31-21)16-5-6-17(19(24)11-16)12-32(4,27)28/h5-6,11,15,18H,7-10,12-14H2,1-4H3/t15-,18?,23?/m1/s1. The third-order valence-corrected chi connectivity index (χ3v) is 7.31. The molecular weight excluding hydrogens is 435 g/mol. The van der Waals surface area contributed by atoms with Gasteiger partial charge in [-0.3, -0.25) is 0 Å². The number of benzene rings is 1. The molecule has 1 aliphatic heterocycles. The second-order valence-electron chi connectivity index (χ2n) is 10.0. The molecule has 1 atom stereocenters. The lowest BCUT2D eigenvalue weighted by Crippen LogP contribution is -2.32. The van der Waals surface area contributed by atoms with Crippen LogP contribution in [-0.2, 0) is 25.1 Å². The molecule has 4 rings (SSSR count). The van der Waals surface area contributed by atoms with Crippen molar-refractivity contribution in [3.05, 3.63) is 35.5 Å². The van der Waals surface area contributed by atoms with Gasteiger partial charge in [0.25, 0.3) is 5.89 Å². The summed E-state index contributed by atoms with van der Waals surface area (Å²) in [5.41, 5.74) is 0.773. The van der Waals surface area contributed by atoms with Crippen molar-refractivity contribution in [2.24, 2.45) is 5.41 Å². The van der Waals surface area contributed by atoms with E-state index in [-0.39, 0.29) is 40.4 Å². The Morgan fingerprint density at radius 3 is 2.59 bits per heavy atom. The molecule has 1 spiro atoms. The fraction of sp³-hybridized carbons (Fsp3) is 0.652. The van der Waals surface area contributed by atoms with E-state index in [9.17, 15) is 12.8 Å². The van der Waals surface area contributed by atoms with E-state index in [0.29, 0.717) is 11.5 Å². The minimum Gasteiger partial charge on any atom is -0.375 e. The molecule has 0 bridgehead atoms. The maximum Gasteiger partial charge on any atom is 0.255 e. The van der Waals surface area contributed by atoms with Crippen molar-refractivity contribution in [1.29, 1.82) is 0 Å². The Hall–Kier alpha value is -1.84. The average molecular weight is 467 g/mol. The molecule has 1 aliphatic carbocycles. The van der Waals surface area contributed by atoms with E-state index in [4.69, 9.17) is 14.0 Å². The number of nitrogens with zero attached hydrogens (tertiary/aromatic N) is 2. The maximum atomic E-state index is 14.3. The van der Waals surface area contributed by atoms with Crippen LogP contribution in [-0.4, -0.2) is 43.1 Å². The molecule has 1 aromatic heterocycles. The summed E-state index contributed by atoms with van der Waals surface area (Å²) in [6.45, 7) is 7.02. The normalized spacial score (nSPS) is 26.5. The zero-order valence-corrected chi connectivity index (χ0v) is 19.9. The molecule has 0 unspecified atom stereocenters. The molecule has 9 heteroatoms. The first-order valence-electron chi connectivity index (χ1n) is 11.0. The number of hydrogen-bond donors (Lipinski definition) is 0. The molecule has 0 radical (unpaired) electrons. The van der Waals surface area contributed by atoms with E-state index in [1.54, 1.807) is 6.07 Å². The Kier molecular flexibility index (Phi) is 6.19. The minimum absolute atomic E-state index is 0.0381. The van der Waals surface area contributed by atoms with Crippen LogP contribution in [0.1, 0.15) is 70.4 Å². The lowest BCUT2D eigenvalue weighted by atomic mass is 9.70. The first kappa shape index (κ1) is 23.3. The largest absolute Gasteiger partial charge is 0.375 e. The molecule has 1 aromatic carbocycles.